The monoisotopic (exact) mass is 320 g/mol. The van der Waals surface area contributed by atoms with Crippen molar-refractivity contribution in [3.63, 3.8) is 0 Å². The van der Waals surface area contributed by atoms with Crippen LogP contribution in [0.1, 0.15) is 25.6 Å². The van der Waals surface area contributed by atoms with Crippen molar-refractivity contribution in [1.29, 1.82) is 0 Å². The number of aryl methyl sites for hydroxylation is 1. The van der Waals surface area contributed by atoms with Crippen LogP contribution in [-0.2, 0) is 14.1 Å². The molecule has 0 spiro atoms. The smallest absolute Gasteiger partial charge is 0.345 e. The van der Waals surface area contributed by atoms with Gasteiger partial charge in [0.05, 0.1) is 5.56 Å². The topological polar surface area (TPSA) is 98.4 Å². The summed E-state index contributed by atoms with van der Waals surface area (Å²) in [7, 11) is 2.85. The van der Waals surface area contributed by atoms with Crippen molar-refractivity contribution in [3.05, 3.63) is 60.6 Å². The molecule has 0 radical (unpaired) electrons. The highest BCUT2D eigenvalue weighted by molar-refractivity contribution is 7.12. The second-order valence-corrected chi connectivity index (χ2v) is 5.46. The van der Waals surface area contributed by atoms with Gasteiger partial charge in [-0.05, 0) is 18.2 Å². The van der Waals surface area contributed by atoms with Crippen LogP contribution in [0.2, 0.25) is 0 Å². The van der Waals surface area contributed by atoms with E-state index in [1.54, 1.807) is 0 Å². The first-order valence-corrected chi connectivity index (χ1v) is 7.00. The minimum absolute atomic E-state index is 0.0646. The number of carboxylic acids is 1. The van der Waals surface area contributed by atoms with E-state index in [1.807, 2.05) is 0 Å². The summed E-state index contributed by atoms with van der Waals surface area (Å²) in [6.45, 7) is 0. The van der Waals surface area contributed by atoms with Crippen LogP contribution < -0.4 is 11.2 Å². The standard InChI is InChI=1S/C14H12N2O5S/c1-15-6-8(12(18)16(2)14(15)21)3-4-10(17)9-5-11(13(19)20)22-7-9/h3-7H,1-2H3,(H,19,20)/b4-3+. The van der Waals surface area contributed by atoms with Gasteiger partial charge in [-0.3, -0.25) is 14.2 Å². The van der Waals surface area contributed by atoms with E-state index >= 15 is 0 Å². The van der Waals surface area contributed by atoms with E-state index in [1.165, 1.54) is 48.5 Å². The van der Waals surface area contributed by atoms with E-state index in [0.717, 1.165) is 15.9 Å². The Morgan fingerprint density at radius 1 is 1.27 bits per heavy atom. The molecule has 0 amide bonds. The van der Waals surface area contributed by atoms with E-state index in [4.69, 9.17) is 5.11 Å². The number of rotatable bonds is 4. The molecule has 0 aromatic carbocycles. The van der Waals surface area contributed by atoms with Crippen molar-refractivity contribution in [2.75, 3.05) is 0 Å². The number of hydrogen-bond acceptors (Lipinski definition) is 5. The Morgan fingerprint density at radius 2 is 1.95 bits per heavy atom. The Labute approximate surface area is 128 Å². The van der Waals surface area contributed by atoms with Crippen molar-refractivity contribution >= 4 is 29.2 Å². The van der Waals surface area contributed by atoms with E-state index in [0.29, 0.717) is 0 Å². The molecule has 22 heavy (non-hydrogen) atoms. The Balaban J connectivity index is 2.32. The average Bonchev–Trinajstić information content (AvgIpc) is 2.97. The summed E-state index contributed by atoms with van der Waals surface area (Å²) in [4.78, 5) is 46.2. The fourth-order valence-corrected chi connectivity index (χ4v) is 2.52. The second kappa shape index (κ2) is 5.94. The molecule has 2 rings (SSSR count). The zero-order chi connectivity index (χ0) is 16.4. The molecule has 0 bridgehead atoms. The van der Waals surface area contributed by atoms with Gasteiger partial charge in [0.25, 0.3) is 5.56 Å². The third kappa shape index (κ3) is 2.96. The number of aromatic nitrogens is 2. The number of carbonyl (C=O) groups excluding carboxylic acids is 1. The number of nitrogens with zero attached hydrogens (tertiary/aromatic N) is 2. The van der Waals surface area contributed by atoms with Crippen LogP contribution in [0.4, 0.5) is 0 Å². The van der Waals surface area contributed by atoms with Crippen LogP contribution in [0.15, 0.2) is 33.3 Å². The van der Waals surface area contributed by atoms with Crippen molar-refractivity contribution in [2.24, 2.45) is 14.1 Å². The number of allylic oxidation sites excluding steroid dienone is 1. The normalized spacial score (nSPS) is 11.0. The molecule has 0 aliphatic heterocycles. The van der Waals surface area contributed by atoms with Gasteiger partial charge < -0.3 is 9.67 Å². The molecular weight excluding hydrogens is 308 g/mol. The minimum atomic E-state index is -1.10. The first kappa shape index (κ1) is 15.6. The molecule has 0 saturated carbocycles. The van der Waals surface area contributed by atoms with Gasteiger partial charge in [0.2, 0.25) is 0 Å². The quantitative estimate of drug-likeness (QED) is 0.662. The number of hydrogen-bond donors (Lipinski definition) is 1. The van der Waals surface area contributed by atoms with Gasteiger partial charge in [-0.2, -0.15) is 0 Å². The van der Waals surface area contributed by atoms with Gasteiger partial charge in [0, 0.05) is 31.2 Å². The lowest BCUT2D eigenvalue weighted by Gasteiger charge is -2.02. The third-order valence-electron chi connectivity index (χ3n) is 2.98. The molecule has 7 nitrogen and oxygen atoms in total. The molecule has 2 aromatic heterocycles. The molecule has 0 fully saturated rings. The van der Waals surface area contributed by atoms with E-state index < -0.39 is 23.0 Å². The Bertz CT molecular complexity index is 901. The Morgan fingerprint density at radius 3 is 2.55 bits per heavy atom. The largest absolute Gasteiger partial charge is 0.477 e. The predicted molar refractivity (Wildman–Crippen MR) is 81.6 cm³/mol. The van der Waals surface area contributed by atoms with Crippen molar-refractivity contribution in [1.82, 2.24) is 9.13 Å². The second-order valence-electron chi connectivity index (χ2n) is 4.54. The Kier molecular flexibility index (Phi) is 4.22. The van der Waals surface area contributed by atoms with Crippen LogP contribution in [0.5, 0.6) is 0 Å². The first-order valence-electron chi connectivity index (χ1n) is 6.12. The van der Waals surface area contributed by atoms with Crippen LogP contribution in [0.3, 0.4) is 0 Å². The molecule has 0 saturated heterocycles. The van der Waals surface area contributed by atoms with Crippen LogP contribution in [0.25, 0.3) is 6.08 Å². The summed E-state index contributed by atoms with van der Waals surface area (Å²) in [5, 5.41) is 10.3. The highest BCUT2D eigenvalue weighted by Gasteiger charge is 2.11. The molecule has 2 heterocycles. The molecule has 0 aliphatic carbocycles. The highest BCUT2D eigenvalue weighted by Crippen LogP contribution is 2.15. The van der Waals surface area contributed by atoms with Gasteiger partial charge in [0.1, 0.15) is 4.88 Å². The predicted octanol–water partition coefficient (Wildman–Crippen LogP) is 0.740. The van der Waals surface area contributed by atoms with Crippen molar-refractivity contribution < 1.29 is 14.7 Å². The Hall–Kier alpha value is -2.74. The summed E-state index contributed by atoms with van der Waals surface area (Å²) in [6, 6.07) is 1.28. The highest BCUT2D eigenvalue weighted by atomic mass is 32.1. The summed E-state index contributed by atoms with van der Waals surface area (Å²) < 4.78 is 2.18. The summed E-state index contributed by atoms with van der Waals surface area (Å²) in [5.74, 6) is -1.51. The lowest BCUT2D eigenvalue weighted by molar-refractivity contribution is 0.0702. The summed E-state index contributed by atoms with van der Waals surface area (Å²) in [5.41, 5.74) is -0.548. The number of thiophene rings is 1. The summed E-state index contributed by atoms with van der Waals surface area (Å²) in [6.07, 6.45) is 3.82. The molecule has 1 N–H and O–H groups in total. The molecule has 0 unspecified atom stereocenters. The molecule has 8 heteroatoms. The molecule has 0 aliphatic rings. The fraction of sp³-hybridized carbons (Fsp3) is 0.143. The minimum Gasteiger partial charge on any atom is -0.477 e. The zero-order valence-corrected chi connectivity index (χ0v) is 12.6. The maximum atomic E-state index is 12.0. The van der Waals surface area contributed by atoms with E-state index in [9.17, 15) is 19.2 Å². The molecular formula is C14H12N2O5S. The van der Waals surface area contributed by atoms with Crippen molar-refractivity contribution in [2.45, 2.75) is 0 Å². The van der Waals surface area contributed by atoms with Gasteiger partial charge in [-0.15, -0.1) is 11.3 Å². The van der Waals surface area contributed by atoms with E-state index in [2.05, 4.69) is 0 Å². The summed E-state index contributed by atoms with van der Waals surface area (Å²) >= 11 is 0.952. The van der Waals surface area contributed by atoms with Crippen LogP contribution in [0, 0.1) is 0 Å². The van der Waals surface area contributed by atoms with E-state index in [-0.39, 0.29) is 16.0 Å². The lowest BCUT2D eigenvalue weighted by Crippen LogP contribution is -2.37. The SMILES string of the molecule is Cn1cc(/C=C/C(=O)c2csc(C(=O)O)c2)c(=O)n(C)c1=O. The average molecular weight is 320 g/mol. The van der Waals surface area contributed by atoms with Gasteiger partial charge in [-0.25, -0.2) is 9.59 Å². The fourth-order valence-electron chi connectivity index (χ4n) is 1.79. The van der Waals surface area contributed by atoms with Crippen LogP contribution in [-0.4, -0.2) is 26.0 Å². The zero-order valence-electron chi connectivity index (χ0n) is 11.8. The van der Waals surface area contributed by atoms with Gasteiger partial charge in [0.15, 0.2) is 5.78 Å². The van der Waals surface area contributed by atoms with Gasteiger partial charge >= 0.3 is 11.7 Å². The number of ketones is 1. The lowest BCUT2D eigenvalue weighted by atomic mass is 10.2. The van der Waals surface area contributed by atoms with Crippen molar-refractivity contribution in [3.8, 4) is 0 Å². The van der Waals surface area contributed by atoms with Gasteiger partial charge in [-0.1, -0.05) is 0 Å². The maximum absolute atomic E-state index is 12.0. The molecule has 2 aromatic rings. The number of carbonyl (C=O) groups is 2. The number of aromatic carboxylic acids is 1. The molecule has 114 valence electrons. The molecule has 0 atom stereocenters. The first-order chi connectivity index (χ1) is 10.3. The number of carboxylic acid groups (broad SMARTS) is 1. The maximum Gasteiger partial charge on any atom is 0.345 e. The third-order valence-corrected chi connectivity index (χ3v) is 3.90. The van der Waals surface area contributed by atoms with Crippen LogP contribution >= 0.6 is 11.3 Å².